The molecule has 0 bridgehead atoms. The van der Waals surface area contributed by atoms with E-state index in [0.29, 0.717) is 17.6 Å². The summed E-state index contributed by atoms with van der Waals surface area (Å²) in [6, 6.07) is 58.3. The Morgan fingerprint density at radius 3 is 1.46 bits per heavy atom. The molecule has 0 saturated carbocycles. The Morgan fingerprint density at radius 1 is 0.456 bits per heavy atom. The Labute approximate surface area is 328 Å². The van der Waals surface area contributed by atoms with Gasteiger partial charge in [0.2, 0.25) is 5.95 Å². The number of rotatable bonds is 6. The fourth-order valence-electron chi connectivity index (χ4n) is 8.74. The lowest BCUT2D eigenvalue weighted by molar-refractivity contribution is 0.929. The van der Waals surface area contributed by atoms with Crippen molar-refractivity contribution in [2.45, 2.75) is 13.8 Å². The van der Waals surface area contributed by atoms with Crippen LogP contribution in [0.4, 0.5) is 0 Å². The van der Waals surface area contributed by atoms with E-state index in [1.54, 1.807) is 0 Å². The Hall–Kier alpha value is -7.57. The Balaban J connectivity index is 1.34. The first-order valence-corrected chi connectivity index (χ1v) is 19.4. The molecule has 57 heavy (non-hydrogen) atoms. The SMILES string of the molecule is C/C=C\C(=C/C)c1nc(-c2ccccc2)nc(-n2c3ccccc3c3cc(-n4c5ccccc5c5ccccc54)cc(-n4c5ccccc5c5ccccc54)c32)n1. The predicted octanol–water partition coefficient (Wildman–Crippen LogP) is 12.8. The monoisotopic (exact) mass is 732 g/mol. The highest BCUT2D eigenvalue weighted by Crippen LogP contribution is 2.42. The van der Waals surface area contributed by atoms with E-state index >= 15 is 0 Å². The molecular weight excluding hydrogens is 697 g/mol. The second-order valence-electron chi connectivity index (χ2n) is 14.3. The highest BCUT2D eigenvalue weighted by Gasteiger charge is 2.25. The average Bonchev–Trinajstić information content (AvgIpc) is 3.91. The van der Waals surface area contributed by atoms with Crippen LogP contribution in [0, 0.1) is 0 Å². The molecule has 270 valence electrons. The van der Waals surface area contributed by atoms with Crippen molar-refractivity contribution in [3.8, 4) is 28.7 Å². The topological polar surface area (TPSA) is 53.5 Å². The van der Waals surface area contributed by atoms with E-state index in [4.69, 9.17) is 15.0 Å². The van der Waals surface area contributed by atoms with Gasteiger partial charge in [-0.05, 0) is 56.3 Å². The van der Waals surface area contributed by atoms with Gasteiger partial charge >= 0.3 is 0 Å². The molecule has 6 nitrogen and oxygen atoms in total. The molecule has 4 heterocycles. The minimum atomic E-state index is 0.556. The number of fused-ring (bicyclic) bond motifs is 9. The van der Waals surface area contributed by atoms with Crippen molar-refractivity contribution in [1.82, 2.24) is 28.7 Å². The molecule has 0 radical (unpaired) electrons. The molecule has 0 aliphatic heterocycles. The van der Waals surface area contributed by atoms with Gasteiger partial charge in [-0.25, -0.2) is 4.98 Å². The highest BCUT2D eigenvalue weighted by atomic mass is 15.2. The lowest BCUT2D eigenvalue weighted by Gasteiger charge is -2.17. The van der Waals surface area contributed by atoms with E-state index < -0.39 is 0 Å². The largest absolute Gasteiger partial charge is 0.309 e. The molecule has 11 aromatic rings. The molecule has 0 spiro atoms. The lowest BCUT2D eigenvalue weighted by Crippen LogP contribution is -2.09. The standard InChI is InChI=1S/C51H36N6/c1-3-18-33(4-2)49-52-50(34-19-6-5-7-20-34)54-51(53-49)57-46-30-17-12-25-40(46)41-31-35(55-42-26-13-8-21-36(42)37-22-9-14-27-43(37)55)32-47(48(41)57)56-44-28-15-10-23-38(44)39-24-11-16-29-45(39)56/h3-32H,1-2H3/b18-3-,33-4+. The summed E-state index contributed by atoms with van der Waals surface area (Å²) in [4.78, 5) is 15.7. The third-order valence-electron chi connectivity index (χ3n) is 11.2. The third-order valence-corrected chi connectivity index (χ3v) is 11.2. The summed E-state index contributed by atoms with van der Waals surface area (Å²) >= 11 is 0. The van der Waals surface area contributed by atoms with Crippen LogP contribution < -0.4 is 0 Å². The van der Waals surface area contributed by atoms with Gasteiger partial charge in [0.15, 0.2) is 11.6 Å². The molecule has 11 rings (SSSR count). The number of hydrogen-bond donors (Lipinski definition) is 0. The van der Waals surface area contributed by atoms with Crippen molar-refractivity contribution in [3.05, 3.63) is 188 Å². The van der Waals surface area contributed by atoms with Gasteiger partial charge < -0.3 is 9.13 Å². The zero-order valence-corrected chi connectivity index (χ0v) is 31.5. The van der Waals surface area contributed by atoms with Crippen LogP contribution in [0.2, 0.25) is 0 Å². The maximum atomic E-state index is 5.30. The number of nitrogens with zero attached hydrogens (tertiary/aromatic N) is 6. The van der Waals surface area contributed by atoms with Gasteiger partial charge in [0.1, 0.15) is 0 Å². The average molecular weight is 733 g/mol. The molecule has 0 aliphatic carbocycles. The van der Waals surface area contributed by atoms with Crippen LogP contribution in [0.25, 0.3) is 99.7 Å². The molecular formula is C51H36N6. The molecule has 0 saturated heterocycles. The maximum absolute atomic E-state index is 5.30. The van der Waals surface area contributed by atoms with Crippen molar-refractivity contribution in [2.75, 3.05) is 0 Å². The van der Waals surface area contributed by atoms with Crippen molar-refractivity contribution in [2.24, 2.45) is 0 Å². The highest BCUT2D eigenvalue weighted by molar-refractivity contribution is 6.16. The van der Waals surface area contributed by atoms with E-state index in [2.05, 4.69) is 171 Å². The quantitative estimate of drug-likeness (QED) is 0.160. The van der Waals surface area contributed by atoms with Gasteiger partial charge in [-0.3, -0.25) is 4.57 Å². The molecule has 0 atom stereocenters. The fraction of sp³-hybridized carbons (Fsp3) is 0.0392. The first-order valence-electron chi connectivity index (χ1n) is 19.4. The van der Waals surface area contributed by atoms with Crippen molar-refractivity contribution < 1.29 is 0 Å². The normalized spacial score (nSPS) is 12.4. The van der Waals surface area contributed by atoms with Gasteiger partial charge in [-0.1, -0.05) is 140 Å². The summed E-state index contributed by atoms with van der Waals surface area (Å²) in [5.74, 6) is 1.79. The van der Waals surface area contributed by atoms with E-state index in [0.717, 1.165) is 66.4 Å². The minimum absolute atomic E-state index is 0.556. The van der Waals surface area contributed by atoms with Crippen LogP contribution in [0.5, 0.6) is 0 Å². The summed E-state index contributed by atoms with van der Waals surface area (Å²) in [6.45, 7) is 4.04. The van der Waals surface area contributed by atoms with Gasteiger partial charge in [0, 0.05) is 49.1 Å². The molecule has 0 fully saturated rings. The van der Waals surface area contributed by atoms with Gasteiger partial charge in [-0.15, -0.1) is 0 Å². The summed E-state index contributed by atoms with van der Waals surface area (Å²) in [7, 11) is 0. The molecule has 0 amide bonds. The van der Waals surface area contributed by atoms with Crippen molar-refractivity contribution >= 4 is 71.0 Å². The Kier molecular flexibility index (Phi) is 7.51. The summed E-state index contributed by atoms with van der Waals surface area (Å²) in [6.07, 6.45) is 6.14. The number of para-hydroxylation sites is 5. The van der Waals surface area contributed by atoms with Crippen LogP contribution >= 0.6 is 0 Å². The molecule has 6 heteroatoms. The van der Waals surface area contributed by atoms with Crippen LogP contribution in [0.1, 0.15) is 19.7 Å². The number of benzene rings is 7. The van der Waals surface area contributed by atoms with E-state index in [1.165, 1.54) is 21.5 Å². The van der Waals surface area contributed by atoms with Crippen molar-refractivity contribution in [1.29, 1.82) is 0 Å². The first-order chi connectivity index (χ1) is 28.2. The van der Waals surface area contributed by atoms with Gasteiger partial charge in [0.25, 0.3) is 0 Å². The summed E-state index contributed by atoms with van der Waals surface area (Å²) < 4.78 is 7.09. The molecule has 0 N–H and O–H groups in total. The molecule has 0 aliphatic rings. The van der Waals surface area contributed by atoms with Crippen molar-refractivity contribution in [3.63, 3.8) is 0 Å². The van der Waals surface area contributed by atoms with Gasteiger partial charge in [-0.2, -0.15) is 9.97 Å². The fourth-order valence-corrected chi connectivity index (χ4v) is 8.74. The van der Waals surface area contributed by atoms with E-state index in [1.807, 2.05) is 38.1 Å². The molecule has 7 aromatic carbocycles. The van der Waals surface area contributed by atoms with E-state index in [9.17, 15) is 0 Å². The number of allylic oxidation sites excluding steroid dienone is 4. The molecule has 0 unspecified atom stereocenters. The van der Waals surface area contributed by atoms with Crippen LogP contribution in [0.15, 0.2) is 182 Å². The second-order valence-corrected chi connectivity index (χ2v) is 14.3. The number of aromatic nitrogens is 6. The summed E-state index contributed by atoms with van der Waals surface area (Å²) in [5, 5.41) is 7.06. The molecule has 4 aromatic heterocycles. The maximum Gasteiger partial charge on any atom is 0.238 e. The second kappa shape index (κ2) is 13.0. The zero-order valence-electron chi connectivity index (χ0n) is 31.5. The zero-order chi connectivity index (χ0) is 38.0. The first kappa shape index (κ1) is 32.8. The Bertz CT molecular complexity index is 3330. The van der Waals surface area contributed by atoms with Crippen LogP contribution in [-0.4, -0.2) is 28.7 Å². The van der Waals surface area contributed by atoms with E-state index in [-0.39, 0.29) is 0 Å². The van der Waals surface area contributed by atoms with Gasteiger partial charge in [0.05, 0.1) is 38.8 Å². The van der Waals surface area contributed by atoms with Crippen LogP contribution in [0.3, 0.4) is 0 Å². The number of hydrogen-bond acceptors (Lipinski definition) is 3. The third kappa shape index (κ3) is 5.00. The van der Waals surface area contributed by atoms with Crippen LogP contribution in [-0.2, 0) is 0 Å². The minimum Gasteiger partial charge on any atom is -0.309 e. The Morgan fingerprint density at radius 2 is 0.930 bits per heavy atom. The predicted molar refractivity (Wildman–Crippen MR) is 237 cm³/mol. The summed E-state index contributed by atoms with van der Waals surface area (Å²) in [5.41, 5.74) is 10.6. The lowest BCUT2D eigenvalue weighted by atomic mass is 10.1. The smallest absolute Gasteiger partial charge is 0.238 e.